The van der Waals surface area contributed by atoms with Gasteiger partial charge in [-0.1, -0.05) is 12.1 Å². The Hall–Kier alpha value is -3.35. The quantitative estimate of drug-likeness (QED) is 0.751. The molecule has 2 N–H and O–H groups in total. The lowest BCUT2D eigenvalue weighted by atomic mass is 10.1. The van der Waals surface area contributed by atoms with Crippen molar-refractivity contribution >= 4 is 11.0 Å². The van der Waals surface area contributed by atoms with E-state index in [9.17, 15) is 15.0 Å². The summed E-state index contributed by atoms with van der Waals surface area (Å²) in [5.74, 6) is -0.983. The first kappa shape index (κ1) is 16.5. The highest BCUT2D eigenvalue weighted by molar-refractivity contribution is 5.86. The molecule has 7 heteroatoms. The number of hydrogen-bond acceptors (Lipinski definition) is 7. The van der Waals surface area contributed by atoms with E-state index in [0.29, 0.717) is 11.0 Å². The van der Waals surface area contributed by atoms with Gasteiger partial charge in [0.2, 0.25) is 17.2 Å². The number of phenolic OH excluding ortho intramolecular Hbond substituents is 2. The molecule has 0 fully saturated rings. The number of methoxy groups -OCH3 is 3. The Morgan fingerprint density at radius 3 is 2.00 bits per heavy atom. The SMILES string of the molecule is COc1c(O)c(-c2cc(=O)c3ccccc3o2)c(O)c(OC)c1OC. The maximum Gasteiger partial charge on any atom is 0.211 e. The van der Waals surface area contributed by atoms with Gasteiger partial charge in [-0.05, 0) is 12.1 Å². The van der Waals surface area contributed by atoms with Crippen LogP contribution < -0.4 is 19.6 Å². The maximum absolute atomic E-state index is 12.3. The molecule has 0 unspecified atom stereocenters. The molecule has 3 rings (SSSR count). The monoisotopic (exact) mass is 344 g/mol. The molecule has 1 heterocycles. The van der Waals surface area contributed by atoms with E-state index in [0.717, 1.165) is 0 Å². The van der Waals surface area contributed by atoms with Crippen molar-refractivity contribution in [2.24, 2.45) is 0 Å². The average molecular weight is 344 g/mol. The van der Waals surface area contributed by atoms with Crippen LogP contribution in [0.5, 0.6) is 28.7 Å². The summed E-state index contributed by atoms with van der Waals surface area (Å²) < 4.78 is 21.2. The minimum Gasteiger partial charge on any atom is -0.504 e. The summed E-state index contributed by atoms with van der Waals surface area (Å²) in [6.45, 7) is 0. The molecule has 25 heavy (non-hydrogen) atoms. The van der Waals surface area contributed by atoms with Gasteiger partial charge >= 0.3 is 0 Å². The third kappa shape index (κ3) is 2.50. The van der Waals surface area contributed by atoms with Gasteiger partial charge in [-0.2, -0.15) is 0 Å². The van der Waals surface area contributed by atoms with Gasteiger partial charge in [0.05, 0.1) is 26.7 Å². The van der Waals surface area contributed by atoms with Crippen LogP contribution in [0.2, 0.25) is 0 Å². The molecule has 0 spiro atoms. The first-order chi connectivity index (χ1) is 12.0. The van der Waals surface area contributed by atoms with Crippen LogP contribution in [0.4, 0.5) is 0 Å². The third-order valence-corrected chi connectivity index (χ3v) is 3.81. The zero-order chi connectivity index (χ0) is 18.1. The minimum absolute atomic E-state index is 0.0203. The summed E-state index contributed by atoms with van der Waals surface area (Å²) in [7, 11) is 4.00. The highest BCUT2D eigenvalue weighted by Gasteiger charge is 2.29. The summed E-state index contributed by atoms with van der Waals surface area (Å²) in [6.07, 6.45) is 0. The summed E-state index contributed by atoms with van der Waals surface area (Å²) in [5, 5.41) is 21.5. The predicted molar refractivity (Wildman–Crippen MR) is 90.9 cm³/mol. The minimum atomic E-state index is -0.434. The number of hydrogen-bond donors (Lipinski definition) is 2. The molecule has 0 aliphatic carbocycles. The molecule has 2 aromatic carbocycles. The van der Waals surface area contributed by atoms with Crippen molar-refractivity contribution in [2.45, 2.75) is 0 Å². The van der Waals surface area contributed by atoms with Crippen LogP contribution in [-0.2, 0) is 0 Å². The summed E-state index contributed by atoms with van der Waals surface area (Å²) in [5.41, 5.74) is -0.126. The van der Waals surface area contributed by atoms with Crippen LogP contribution >= 0.6 is 0 Å². The fourth-order valence-corrected chi connectivity index (χ4v) is 2.68. The van der Waals surface area contributed by atoms with Crippen LogP contribution in [0.3, 0.4) is 0 Å². The molecule has 0 saturated heterocycles. The van der Waals surface area contributed by atoms with Gasteiger partial charge in [0, 0.05) is 6.07 Å². The van der Waals surface area contributed by atoms with Gasteiger partial charge < -0.3 is 28.8 Å². The second-order valence-electron chi connectivity index (χ2n) is 5.14. The molecule has 3 aromatic rings. The first-order valence-corrected chi connectivity index (χ1v) is 7.30. The lowest BCUT2D eigenvalue weighted by Gasteiger charge is -2.18. The predicted octanol–water partition coefficient (Wildman–Crippen LogP) is 2.90. The summed E-state index contributed by atoms with van der Waals surface area (Å²) in [4.78, 5) is 12.3. The first-order valence-electron chi connectivity index (χ1n) is 7.30. The fraction of sp³-hybridized carbons (Fsp3) is 0.167. The van der Waals surface area contributed by atoms with Gasteiger partial charge in [0.25, 0.3) is 0 Å². The molecule has 1 aromatic heterocycles. The van der Waals surface area contributed by atoms with Crippen molar-refractivity contribution in [3.05, 3.63) is 40.6 Å². The molecule has 0 atom stereocenters. The van der Waals surface area contributed by atoms with Gasteiger partial charge in [-0.15, -0.1) is 0 Å². The Morgan fingerprint density at radius 2 is 1.44 bits per heavy atom. The number of aromatic hydroxyl groups is 2. The van der Waals surface area contributed by atoms with E-state index in [4.69, 9.17) is 18.6 Å². The van der Waals surface area contributed by atoms with E-state index in [-0.39, 0.29) is 34.0 Å². The molecule has 0 bridgehead atoms. The van der Waals surface area contributed by atoms with E-state index in [1.54, 1.807) is 24.3 Å². The van der Waals surface area contributed by atoms with Crippen LogP contribution in [0, 0.1) is 0 Å². The molecule has 0 aliphatic heterocycles. The molecular weight excluding hydrogens is 328 g/mol. The standard InChI is InChI=1S/C18H16O7/c1-22-16-14(20)13(15(21)17(23-2)18(16)24-3)12-8-10(19)9-6-4-5-7-11(9)25-12/h4-8,20-21H,1-3H3. The Bertz CT molecular complexity index is 973. The zero-order valence-corrected chi connectivity index (χ0v) is 13.8. The topological polar surface area (TPSA) is 98.4 Å². The Balaban J connectivity index is 2.40. The van der Waals surface area contributed by atoms with E-state index in [1.807, 2.05) is 0 Å². The molecule has 0 amide bonds. The van der Waals surface area contributed by atoms with Crippen molar-refractivity contribution in [3.8, 4) is 40.1 Å². The second-order valence-corrected chi connectivity index (χ2v) is 5.14. The van der Waals surface area contributed by atoms with E-state index in [1.165, 1.54) is 27.4 Å². The highest BCUT2D eigenvalue weighted by Crippen LogP contribution is 2.56. The van der Waals surface area contributed by atoms with Crippen LogP contribution in [0.25, 0.3) is 22.3 Å². The van der Waals surface area contributed by atoms with E-state index < -0.39 is 11.5 Å². The van der Waals surface area contributed by atoms with Gasteiger partial charge in [-0.3, -0.25) is 4.79 Å². The third-order valence-electron chi connectivity index (χ3n) is 3.81. The Labute approximate surface area is 142 Å². The number of phenols is 2. The largest absolute Gasteiger partial charge is 0.504 e. The lowest BCUT2D eigenvalue weighted by Crippen LogP contribution is -2.02. The molecule has 0 radical (unpaired) electrons. The van der Waals surface area contributed by atoms with Crippen molar-refractivity contribution in [1.29, 1.82) is 0 Å². The van der Waals surface area contributed by atoms with Crippen LogP contribution in [0.1, 0.15) is 0 Å². The number of rotatable bonds is 4. The van der Waals surface area contributed by atoms with Crippen molar-refractivity contribution in [1.82, 2.24) is 0 Å². The number of benzene rings is 2. The second kappa shape index (κ2) is 6.27. The molecular formula is C18H16O7. The lowest BCUT2D eigenvalue weighted by molar-refractivity contribution is 0.299. The summed E-state index contributed by atoms with van der Waals surface area (Å²) >= 11 is 0. The van der Waals surface area contributed by atoms with Gasteiger partial charge in [0.1, 0.15) is 16.9 Å². The summed E-state index contributed by atoms with van der Waals surface area (Å²) in [6, 6.07) is 7.85. The molecule has 0 aliphatic rings. The molecule has 0 saturated carbocycles. The number of ether oxygens (including phenoxy) is 3. The fourth-order valence-electron chi connectivity index (χ4n) is 2.68. The molecule has 130 valence electrons. The van der Waals surface area contributed by atoms with Gasteiger partial charge in [0.15, 0.2) is 16.9 Å². The van der Waals surface area contributed by atoms with Crippen LogP contribution in [-0.4, -0.2) is 31.5 Å². The maximum atomic E-state index is 12.3. The Morgan fingerprint density at radius 1 is 0.880 bits per heavy atom. The van der Waals surface area contributed by atoms with E-state index >= 15 is 0 Å². The van der Waals surface area contributed by atoms with E-state index in [2.05, 4.69) is 0 Å². The number of fused-ring (bicyclic) bond motifs is 1. The molecule has 7 nitrogen and oxygen atoms in total. The zero-order valence-electron chi connectivity index (χ0n) is 13.8. The van der Waals surface area contributed by atoms with Gasteiger partial charge in [-0.25, -0.2) is 0 Å². The van der Waals surface area contributed by atoms with Crippen molar-refractivity contribution in [2.75, 3.05) is 21.3 Å². The Kier molecular flexibility index (Phi) is 4.14. The highest BCUT2D eigenvalue weighted by atomic mass is 16.5. The number of para-hydroxylation sites is 1. The van der Waals surface area contributed by atoms with Crippen molar-refractivity contribution < 1.29 is 28.8 Å². The average Bonchev–Trinajstić information content (AvgIpc) is 2.61. The normalized spacial score (nSPS) is 10.7. The van der Waals surface area contributed by atoms with Crippen molar-refractivity contribution in [3.63, 3.8) is 0 Å². The van der Waals surface area contributed by atoms with Crippen LogP contribution in [0.15, 0.2) is 39.5 Å². The smallest absolute Gasteiger partial charge is 0.211 e.